The molecule has 2 rings (SSSR count). The second-order valence-corrected chi connectivity index (χ2v) is 6.77. The number of benzene rings is 1. The highest BCUT2D eigenvalue weighted by atomic mass is 15.2. The normalized spacial score (nSPS) is 25.8. The van der Waals surface area contributed by atoms with Crippen LogP contribution in [-0.2, 0) is 5.54 Å². The number of nitrogens with zero attached hydrogens (tertiary/aromatic N) is 1. The Kier molecular flexibility index (Phi) is 5.83. The molecule has 2 heteroatoms. The molecule has 118 valence electrons. The van der Waals surface area contributed by atoms with E-state index >= 15 is 0 Å². The van der Waals surface area contributed by atoms with Gasteiger partial charge in [-0.25, -0.2) is 0 Å². The van der Waals surface area contributed by atoms with Gasteiger partial charge in [-0.05, 0) is 44.8 Å². The molecule has 1 aromatic carbocycles. The van der Waals surface area contributed by atoms with Gasteiger partial charge in [0.2, 0.25) is 0 Å². The summed E-state index contributed by atoms with van der Waals surface area (Å²) in [4.78, 5) is 2.71. The summed E-state index contributed by atoms with van der Waals surface area (Å²) in [5.41, 5.74) is 1.48. The van der Waals surface area contributed by atoms with Crippen LogP contribution in [-0.4, -0.2) is 30.6 Å². The van der Waals surface area contributed by atoms with Crippen molar-refractivity contribution in [3.8, 4) is 0 Å². The molecule has 1 aliphatic rings. The van der Waals surface area contributed by atoms with Crippen molar-refractivity contribution in [2.75, 3.05) is 19.6 Å². The highest BCUT2D eigenvalue weighted by molar-refractivity contribution is 5.24. The fourth-order valence-electron chi connectivity index (χ4n) is 3.80. The van der Waals surface area contributed by atoms with E-state index in [2.05, 4.69) is 68.2 Å². The Bertz CT molecular complexity index is 413. The van der Waals surface area contributed by atoms with E-state index in [9.17, 15) is 0 Å². The van der Waals surface area contributed by atoms with Crippen LogP contribution in [0.1, 0.15) is 52.5 Å². The first-order valence-corrected chi connectivity index (χ1v) is 8.65. The molecule has 1 heterocycles. The first kappa shape index (κ1) is 16.5. The van der Waals surface area contributed by atoms with Gasteiger partial charge in [0, 0.05) is 12.6 Å². The largest absolute Gasteiger partial charge is 0.307 e. The van der Waals surface area contributed by atoms with Gasteiger partial charge in [-0.15, -0.1) is 0 Å². The van der Waals surface area contributed by atoms with Crippen LogP contribution in [0.2, 0.25) is 0 Å². The predicted octanol–water partition coefficient (Wildman–Crippen LogP) is 4.02. The van der Waals surface area contributed by atoms with Crippen LogP contribution in [0.25, 0.3) is 0 Å². The highest BCUT2D eigenvalue weighted by Crippen LogP contribution is 2.27. The fraction of sp³-hybridized carbons (Fsp3) is 0.684. The topological polar surface area (TPSA) is 15.3 Å². The van der Waals surface area contributed by atoms with Crippen LogP contribution in [0, 0.1) is 5.92 Å². The van der Waals surface area contributed by atoms with E-state index in [-0.39, 0.29) is 5.54 Å². The van der Waals surface area contributed by atoms with Gasteiger partial charge in [0.25, 0.3) is 0 Å². The van der Waals surface area contributed by atoms with E-state index in [1.54, 1.807) is 0 Å². The molecule has 2 atom stereocenters. The number of nitrogens with one attached hydrogen (secondary N) is 1. The molecule has 1 aromatic rings. The number of hydrogen-bond donors (Lipinski definition) is 1. The second kappa shape index (κ2) is 7.42. The Balaban J connectivity index is 2.18. The quantitative estimate of drug-likeness (QED) is 0.880. The molecule has 1 saturated heterocycles. The molecular formula is C19H32N2. The second-order valence-electron chi connectivity index (χ2n) is 6.77. The van der Waals surface area contributed by atoms with Crippen LogP contribution in [0.4, 0.5) is 0 Å². The van der Waals surface area contributed by atoms with Gasteiger partial charge in [0.1, 0.15) is 0 Å². The van der Waals surface area contributed by atoms with Gasteiger partial charge in [-0.3, -0.25) is 4.90 Å². The van der Waals surface area contributed by atoms with Gasteiger partial charge < -0.3 is 5.32 Å². The van der Waals surface area contributed by atoms with Crippen molar-refractivity contribution in [2.24, 2.45) is 5.92 Å². The first-order valence-electron chi connectivity index (χ1n) is 8.65. The molecule has 21 heavy (non-hydrogen) atoms. The maximum absolute atomic E-state index is 3.79. The first-order chi connectivity index (χ1) is 10.1. The zero-order valence-corrected chi connectivity index (χ0v) is 14.2. The Labute approximate surface area is 130 Å². The van der Waals surface area contributed by atoms with E-state index in [4.69, 9.17) is 0 Å². The standard InChI is InChI=1S/C19H32N2/c1-5-17(6-2)16(3)21-14-10-13-20-19(4,15-21)18-11-8-7-9-12-18/h7-9,11-12,16-17,20H,5-6,10,13-15H2,1-4H3. The lowest BCUT2D eigenvalue weighted by atomic mass is 9.89. The lowest BCUT2D eigenvalue weighted by molar-refractivity contribution is 0.124. The summed E-state index contributed by atoms with van der Waals surface area (Å²) in [5, 5.41) is 3.79. The monoisotopic (exact) mass is 288 g/mol. The summed E-state index contributed by atoms with van der Waals surface area (Å²) >= 11 is 0. The summed E-state index contributed by atoms with van der Waals surface area (Å²) in [5.74, 6) is 0.808. The van der Waals surface area contributed by atoms with Gasteiger partial charge in [0.05, 0.1) is 5.54 Å². The third kappa shape index (κ3) is 3.87. The molecular weight excluding hydrogens is 256 g/mol. The van der Waals surface area contributed by atoms with Gasteiger partial charge in [-0.2, -0.15) is 0 Å². The molecule has 0 spiro atoms. The highest BCUT2D eigenvalue weighted by Gasteiger charge is 2.33. The molecule has 0 bridgehead atoms. The van der Waals surface area contributed by atoms with Crippen molar-refractivity contribution in [1.29, 1.82) is 0 Å². The van der Waals surface area contributed by atoms with Crippen molar-refractivity contribution < 1.29 is 0 Å². The molecule has 0 aliphatic carbocycles. The third-order valence-corrected chi connectivity index (χ3v) is 5.37. The SMILES string of the molecule is CCC(CC)C(C)N1CCCNC(C)(c2ccccc2)C1. The van der Waals surface area contributed by atoms with Crippen LogP contribution in [0.15, 0.2) is 30.3 Å². The third-order valence-electron chi connectivity index (χ3n) is 5.37. The number of hydrogen-bond acceptors (Lipinski definition) is 2. The van der Waals surface area contributed by atoms with E-state index < -0.39 is 0 Å². The predicted molar refractivity (Wildman–Crippen MR) is 91.5 cm³/mol. The maximum Gasteiger partial charge on any atom is 0.0535 e. The Morgan fingerprint density at radius 1 is 1.19 bits per heavy atom. The van der Waals surface area contributed by atoms with E-state index in [1.807, 2.05) is 0 Å². The van der Waals surface area contributed by atoms with Crippen LogP contribution < -0.4 is 5.32 Å². The molecule has 0 amide bonds. The molecule has 0 saturated carbocycles. The molecule has 1 N–H and O–H groups in total. The van der Waals surface area contributed by atoms with E-state index in [0.717, 1.165) is 19.0 Å². The summed E-state index contributed by atoms with van der Waals surface area (Å²) in [6, 6.07) is 11.6. The van der Waals surface area contributed by atoms with Crippen molar-refractivity contribution in [2.45, 2.75) is 58.5 Å². The minimum atomic E-state index is 0.0675. The molecule has 2 nitrogen and oxygen atoms in total. The van der Waals surface area contributed by atoms with Gasteiger partial charge >= 0.3 is 0 Å². The molecule has 1 aliphatic heterocycles. The Hall–Kier alpha value is -0.860. The average Bonchev–Trinajstić information content (AvgIpc) is 2.72. The molecule has 0 radical (unpaired) electrons. The Morgan fingerprint density at radius 3 is 2.48 bits per heavy atom. The van der Waals surface area contributed by atoms with Crippen LogP contribution in [0.3, 0.4) is 0 Å². The van der Waals surface area contributed by atoms with Crippen LogP contribution >= 0.6 is 0 Å². The molecule has 2 unspecified atom stereocenters. The summed E-state index contributed by atoms with van der Waals surface area (Å²) in [6.07, 6.45) is 3.81. The van der Waals surface area contributed by atoms with Crippen molar-refractivity contribution in [3.63, 3.8) is 0 Å². The summed E-state index contributed by atoms with van der Waals surface area (Å²) in [7, 11) is 0. The number of rotatable bonds is 5. The lowest BCUT2D eigenvalue weighted by Crippen LogP contribution is -2.49. The fourth-order valence-corrected chi connectivity index (χ4v) is 3.80. The van der Waals surface area contributed by atoms with Crippen LogP contribution in [0.5, 0.6) is 0 Å². The molecule has 1 fully saturated rings. The van der Waals surface area contributed by atoms with Crippen molar-refractivity contribution in [1.82, 2.24) is 10.2 Å². The summed E-state index contributed by atoms with van der Waals surface area (Å²) in [6.45, 7) is 12.9. The summed E-state index contributed by atoms with van der Waals surface area (Å²) < 4.78 is 0. The van der Waals surface area contributed by atoms with Crippen molar-refractivity contribution >= 4 is 0 Å². The minimum Gasteiger partial charge on any atom is -0.307 e. The van der Waals surface area contributed by atoms with Crippen molar-refractivity contribution in [3.05, 3.63) is 35.9 Å². The zero-order valence-electron chi connectivity index (χ0n) is 14.2. The maximum atomic E-state index is 3.79. The lowest BCUT2D eigenvalue weighted by Gasteiger charge is -2.39. The van der Waals surface area contributed by atoms with E-state index in [0.29, 0.717) is 6.04 Å². The Morgan fingerprint density at radius 2 is 1.86 bits per heavy atom. The minimum absolute atomic E-state index is 0.0675. The molecule has 0 aromatic heterocycles. The smallest absolute Gasteiger partial charge is 0.0535 e. The van der Waals surface area contributed by atoms with Gasteiger partial charge in [0.15, 0.2) is 0 Å². The van der Waals surface area contributed by atoms with Gasteiger partial charge in [-0.1, -0.05) is 57.0 Å². The van der Waals surface area contributed by atoms with E-state index in [1.165, 1.54) is 31.4 Å². The zero-order chi connectivity index (χ0) is 15.3. The average molecular weight is 288 g/mol.